The molecule has 1 aliphatic heterocycles. The number of hydrogen-bond donors (Lipinski definition) is 2. The minimum atomic E-state index is -0.401. The molecule has 0 spiro atoms. The Bertz CT molecular complexity index is 336. The van der Waals surface area contributed by atoms with Gasteiger partial charge in [0.1, 0.15) is 5.84 Å². The third-order valence-electron chi connectivity index (χ3n) is 2.44. The van der Waals surface area contributed by atoms with E-state index < -0.39 is 5.62 Å². The van der Waals surface area contributed by atoms with Crippen molar-refractivity contribution in [2.45, 2.75) is 30.7 Å². The standard InChI is InChI=1S/C11H17BrClN3/c1-3-9(12)7(2)4-5-8-6-15-11(13)16-10(8)14/h4-5,9,11,15H,3,6H2,1-2H3,(H2,14,16)/b7-4-,8-5+. The zero-order valence-corrected chi connectivity index (χ0v) is 11.8. The van der Waals surface area contributed by atoms with Crippen molar-refractivity contribution < 1.29 is 0 Å². The average molecular weight is 307 g/mol. The lowest BCUT2D eigenvalue weighted by atomic mass is 10.1. The molecule has 0 aliphatic carbocycles. The van der Waals surface area contributed by atoms with Crippen LogP contribution in [0.15, 0.2) is 28.3 Å². The Kier molecular flexibility index (Phi) is 5.52. The molecule has 1 rings (SSSR count). The summed E-state index contributed by atoms with van der Waals surface area (Å²) in [4.78, 5) is 4.46. The molecule has 0 aromatic heterocycles. The van der Waals surface area contributed by atoms with E-state index >= 15 is 0 Å². The molecule has 0 bridgehead atoms. The van der Waals surface area contributed by atoms with Gasteiger partial charge in [0.05, 0.1) is 0 Å². The summed E-state index contributed by atoms with van der Waals surface area (Å²) in [7, 11) is 0. The zero-order valence-electron chi connectivity index (χ0n) is 9.50. The van der Waals surface area contributed by atoms with Crippen LogP contribution in [-0.2, 0) is 0 Å². The second-order valence-electron chi connectivity index (χ2n) is 3.71. The lowest BCUT2D eigenvalue weighted by molar-refractivity contribution is 0.689. The van der Waals surface area contributed by atoms with E-state index in [-0.39, 0.29) is 0 Å². The molecule has 3 nitrogen and oxygen atoms in total. The molecule has 0 aromatic rings. The summed E-state index contributed by atoms with van der Waals surface area (Å²) in [6.07, 6.45) is 5.13. The van der Waals surface area contributed by atoms with Crippen molar-refractivity contribution in [2.75, 3.05) is 6.54 Å². The van der Waals surface area contributed by atoms with Gasteiger partial charge in [-0.05, 0) is 13.3 Å². The number of allylic oxidation sites excluding steroid dienone is 3. The van der Waals surface area contributed by atoms with Crippen molar-refractivity contribution in [2.24, 2.45) is 10.7 Å². The van der Waals surface area contributed by atoms with Gasteiger partial charge in [0.2, 0.25) is 0 Å². The molecule has 0 aromatic carbocycles. The van der Waals surface area contributed by atoms with Crippen molar-refractivity contribution >= 4 is 33.4 Å². The van der Waals surface area contributed by atoms with Crippen LogP contribution in [0.3, 0.4) is 0 Å². The van der Waals surface area contributed by atoms with Gasteiger partial charge in [-0.1, -0.05) is 52.2 Å². The summed E-state index contributed by atoms with van der Waals surface area (Å²) < 4.78 is 0. The van der Waals surface area contributed by atoms with E-state index in [4.69, 9.17) is 17.3 Å². The first-order chi connectivity index (χ1) is 7.54. The summed E-state index contributed by atoms with van der Waals surface area (Å²) in [5.41, 5.74) is 7.63. The number of nitrogens with one attached hydrogen (secondary N) is 1. The molecule has 2 unspecified atom stereocenters. The molecule has 0 saturated carbocycles. The molecule has 1 aliphatic rings. The SMILES string of the molecule is CCC(Br)/C(C)=C\C=C1/CNC(Cl)N=C1N. The summed E-state index contributed by atoms with van der Waals surface area (Å²) in [5.74, 6) is 0.519. The predicted molar refractivity (Wildman–Crippen MR) is 74.1 cm³/mol. The summed E-state index contributed by atoms with van der Waals surface area (Å²) in [6.45, 7) is 4.89. The number of hydrogen-bond acceptors (Lipinski definition) is 3. The van der Waals surface area contributed by atoms with E-state index in [0.29, 0.717) is 17.2 Å². The Morgan fingerprint density at radius 1 is 1.81 bits per heavy atom. The van der Waals surface area contributed by atoms with Gasteiger partial charge in [-0.25, -0.2) is 4.99 Å². The maximum Gasteiger partial charge on any atom is 0.178 e. The normalized spacial score (nSPS) is 26.8. The molecule has 0 radical (unpaired) electrons. The van der Waals surface area contributed by atoms with Gasteiger partial charge in [0.25, 0.3) is 0 Å². The largest absolute Gasteiger partial charge is 0.384 e. The van der Waals surface area contributed by atoms with Gasteiger partial charge >= 0.3 is 0 Å². The molecule has 3 N–H and O–H groups in total. The lowest BCUT2D eigenvalue weighted by Crippen LogP contribution is -2.36. The summed E-state index contributed by atoms with van der Waals surface area (Å²) >= 11 is 9.38. The number of rotatable bonds is 3. The first-order valence-corrected chi connectivity index (χ1v) is 6.62. The first kappa shape index (κ1) is 13.7. The van der Waals surface area contributed by atoms with Gasteiger partial charge in [-0.3, -0.25) is 5.32 Å². The Morgan fingerprint density at radius 3 is 3.06 bits per heavy atom. The maximum absolute atomic E-state index is 5.78. The van der Waals surface area contributed by atoms with E-state index in [1.165, 1.54) is 5.57 Å². The quantitative estimate of drug-likeness (QED) is 0.622. The Hall–Kier alpha value is -0.320. The number of nitrogens with zero attached hydrogens (tertiary/aromatic N) is 1. The number of alkyl halides is 2. The predicted octanol–water partition coefficient (Wildman–Crippen LogP) is 2.52. The van der Waals surface area contributed by atoms with Crippen molar-refractivity contribution in [1.82, 2.24) is 5.32 Å². The minimum absolute atomic E-state index is 0.401. The van der Waals surface area contributed by atoms with Gasteiger partial charge in [0.15, 0.2) is 5.62 Å². The van der Waals surface area contributed by atoms with E-state index in [9.17, 15) is 0 Å². The molecule has 16 heavy (non-hydrogen) atoms. The molecule has 90 valence electrons. The number of aliphatic imine (C=N–C) groups is 1. The van der Waals surface area contributed by atoms with Crippen molar-refractivity contribution in [3.63, 3.8) is 0 Å². The average Bonchev–Trinajstić information content (AvgIpc) is 2.26. The smallest absolute Gasteiger partial charge is 0.178 e. The van der Waals surface area contributed by atoms with Crippen LogP contribution in [0.4, 0.5) is 0 Å². The Balaban J connectivity index is 2.75. The fourth-order valence-electron chi connectivity index (χ4n) is 1.34. The molecule has 2 atom stereocenters. The minimum Gasteiger partial charge on any atom is -0.384 e. The van der Waals surface area contributed by atoms with E-state index in [1.54, 1.807) is 0 Å². The lowest BCUT2D eigenvalue weighted by Gasteiger charge is -2.17. The van der Waals surface area contributed by atoms with Crippen LogP contribution >= 0.6 is 27.5 Å². The second kappa shape index (κ2) is 6.42. The van der Waals surface area contributed by atoms with Gasteiger partial charge < -0.3 is 5.73 Å². The highest BCUT2D eigenvalue weighted by Crippen LogP contribution is 2.16. The van der Waals surface area contributed by atoms with Crippen LogP contribution in [0.1, 0.15) is 20.3 Å². The van der Waals surface area contributed by atoms with E-state index in [2.05, 4.69) is 46.2 Å². The van der Waals surface area contributed by atoms with Crippen LogP contribution in [0, 0.1) is 0 Å². The van der Waals surface area contributed by atoms with Crippen LogP contribution in [-0.4, -0.2) is 22.8 Å². The summed E-state index contributed by atoms with van der Waals surface area (Å²) in [5, 5.41) is 3.02. The monoisotopic (exact) mass is 305 g/mol. The van der Waals surface area contributed by atoms with Crippen LogP contribution in [0.2, 0.25) is 0 Å². The Labute approximate surface area is 110 Å². The third kappa shape index (κ3) is 3.92. The van der Waals surface area contributed by atoms with E-state index in [1.807, 2.05) is 6.08 Å². The fourth-order valence-corrected chi connectivity index (χ4v) is 1.67. The zero-order chi connectivity index (χ0) is 12.1. The van der Waals surface area contributed by atoms with Gasteiger partial charge in [-0.15, -0.1) is 0 Å². The highest BCUT2D eigenvalue weighted by molar-refractivity contribution is 9.09. The molecular weight excluding hydrogens is 289 g/mol. The third-order valence-corrected chi connectivity index (χ3v) is 4.06. The molecule has 0 saturated heterocycles. The van der Waals surface area contributed by atoms with Crippen LogP contribution in [0.25, 0.3) is 0 Å². The molecular formula is C11H17BrClN3. The van der Waals surface area contributed by atoms with Crippen LogP contribution < -0.4 is 11.1 Å². The molecule has 0 amide bonds. The fraction of sp³-hybridized carbons (Fsp3) is 0.545. The van der Waals surface area contributed by atoms with Crippen molar-refractivity contribution in [3.05, 3.63) is 23.3 Å². The topological polar surface area (TPSA) is 50.4 Å². The number of halogens is 2. The van der Waals surface area contributed by atoms with Gasteiger partial charge in [-0.2, -0.15) is 0 Å². The Morgan fingerprint density at radius 2 is 2.50 bits per heavy atom. The molecule has 5 heteroatoms. The van der Waals surface area contributed by atoms with Crippen molar-refractivity contribution in [3.8, 4) is 0 Å². The van der Waals surface area contributed by atoms with Crippen molar-refractivity contribution in [1.29, 1.82) is 0 Å². The second-order valence-corrected chi connectivity index (χ2v) is 5.23. The van der Waals surface area contributed by atoms with E-state index in [0.717, 1.165) is 12.0 Å². The molecule has 1 heterocycles. The summed E-state index contributed by atoms with van der Waals surface area (Å²) in [6, 6.07) is 0. The first-order valence-electron chi connectivity index (χ1n) is 5.27. The van der Waals surface area contributed by atoms with Crippen LogP contribution in [0.5, 0.6) is 0 Å². The number of amidine groups is 1. The number of nitrogens with two attached hydrogens (primary N) is 1. The molecule has 0 fully saturated rings. The highest BCUT2D eigenvalue weighted by Gasteiger charge is 2.13. The maximum atomic E-state index is 5.78. The van der Waals surface area contributed by atoms with Gasteiger partial charge in [0, 0.05) is 16.9 Å². The highest BCUT2D eigenvalue weighted by atomic mass is 79.9.